The molecule has 0 aromatic heterocycles. The van der Waals surface area contributed by atoms with Gasteiger partial charge in [-0.3, -0.25) is 4.79 Å². The number of methoxy groups -OCH3 is 2. The average Bonchev–Trinajstić information content (AvgIpc) is 3.34. The molecule has 0 N–H and O–H groups in total. The Morgan fingerprint density at radius 1 is 0.919 bits per heavy atom. The number of ether oxygens (including phenoxy) is 2. The third kappa shape index (κ3) is 5.47. The molecule has 37 heavy (non-hydrogen) atoms. The average molecular weight is 513 g/mol. The van der Waals surface area contributed by atoms with Crippen LogP contribution in [-0.2, 0) is 4.79 Å². The second kappa shape index (κ2) is 11.1. The number of benzene rings is 3. The monoisotopic (exact) mass is 512 g/mol. The molecule has 1 heterocycles. The summed E-state index contributed by atoms with van der Waals surface area (Å²) in [5.41, 5.74) is 5.21. The van der Waals surface area contributed by atoms with Gasteiger partial charge in [0.2, 0.25) is 0 Å². The third-order valence-corrected chi connectivity index (χ3v) is 7.18. The molecule has 2 aliphatic rings. The molecule has 1 saturated carbocycles. The number of carbonyl (C=O) groups is 1. The van der Waals surface area contributed by atoms with Crippen molar-refractivity contribution in [3.05, 3.63) is 106 Å². The van der Waals surface area contributed by atoms with Crippen molar-refractivity contribution in [1.29, 1.82) is 0 Å². The Kier molecular flexibility index (Phi) is 7.42. The van der Waals surface area contributed by atoms with Crippen molar-refractivity contribution in [2.24, 2.45) is 11.0 Å². The number of hydrogen-bond donors (Lipinski definition) is 0. The van der Waals surface area contributed by atoms with Crippen molar-refractivity contribution in [2.45, 2.75) is 25.3 Å². The molecule has 2 atom stereocenters. The van der Waals surface area contributed by atoms with Gasteiger partial charge < -0.3 is 9.47 Å². The van der Waals surface area contributed by atoms with E-state index in [-0.39, 0.29) is 17.9 Å². The number of fused-ring (bicyclic) bond motifs is 1. The number of halogens is 1. The molecule has 0 bridgehead atoms. The SMILES string of the molecule is COc1ccc(/C=C2\CCCC3C2=NN(C(=O)/C=C/c2ccc(Cl)cc2)C3c2ccc(OC)cc2)cc1. The van der Waals surface area contributed by atoms with Crippen molar-refractivity contribution < 1.29 is 14.3 Å². The van der Waals surface area contributed by atoms with Crippen molar-refractivity contribution in [3.63, 3.8) is 0 Å². The lowest BCUT2D eigenvalue weighted by Crippen LogP contribution is -2.30. The van der Waals surface area contributed by atoms with Crippen molar-refractivity contribution in [2.75, 3.05) is 14.2 Å². The van der Waals surface area contributed by atoms with E-state index in [1.54, 1.807) is 31.4 Å². The van der Waals surface area contributed by atoms with Crippen LogP contribution in [-0.4, -0.2) is 30.8 Å². The Morgan fingerprint density at radius 3 is 2.19 bits per heavy atom. The summed E-state index contributed by atoms with van der Waals surface area (Å²) in [6.07, 6.45) is 8.53. The summed E-state index contributed by atoms with van der Waals surface area (Å²) in [5, 5.41) is 7.27. The molecule has 0 radical (unpaired) electrons. The Labute approximate surface area is 222 Å². The molecule has 1 amide bonds. The van der Waals surface area contributed by atoms with Crippen LogP contribution in [0, 0.1) is 5.92 Å². The molecular formula is C31H29ClN2O3. The lowest BCUT2D eigenvalue weighted by Gasteiger charge is -2.29. The lowest BCUT2D eigenvalue weighted by molar-refractivity contribution is -0.128. The second-order valence-electron chi connectivity index (χ2n) is 9.21. The summed E-state index contributed by atoms with van der Waals surface area (Å²) < 4.78 is 10.7. The molecule has 5 rings (SSSR count). The first-order valence-electron chi connectivity index (χ1n) is 12.4. The van der Waals surface area contributed by atoms with E-state index in [1.807, 2.05) is 72.8 Å². The minimum atomic E-state index is -0.178. The summed E-state index contributed by atoms with van der Waals surface area (Å²) >= 11 is 6.01. The van der Waals surface area contributed by atoms with Gasteiger partial charge in [0.05, 0.1) is 26.0 Å². The van der Waals surface area contributed by atoms with Gasteiger partial charge in [-0.05, 0) is 90.1 Å². The first kappa shape index (κ1) is 24.8. The fraction of sp³-hybridized carbons (Fsp3) is 0.226. The van der Waals surface area contributed by atoms with Crippen LogP contribution >= 0.6 is 11.6 Å². The van der Waals surface area contributed by atoms with Crippen LogP contribution in [0.5, 0.6) is 11.5 Å². The molecule has 1 aliphatic heterocycles. The highest BCUT2D eigenvalue weighted by Gasteiger charge is 2.43. The van der Waals surface area contributed by atoms with E-state index in [4.69, 9.17) is 26.2 Å². The van der Waals surface area contributed by atoms with Crippen LogP contribution in [0.1, 0.15) is 42.0 Å². The Balaban J connectivity index is 1.49. The molecule has 1 fully saturated rings. The Morgan fingerprint density at radius 2 is 1.54 bits per heavy atom. The smallest absolute Gasteiger partial charge is 0.267 e. The van der Waals surface area contributed by atoms with Gasteiger partial charge in [0, 0.05) is 17.0 Å². The van der Waals surface area contributed by atoms with Gasteiger partial charge in [-0.1, -0.05) is 48.0 Å². The van der Waals surface area contributed by atoms with E-state index >= 15 is 0 Å². The van der Waals surface area contributed by atoms with E-state index in [0.717, 1.165) is 53.2 Å². The van der Waals surface area contributed by atoms with Crippen molar-refractivity contribution in [1.82, 2.24) is 5.01 Å². The van der Waals surface area contributed by atoms with Crippen molar-refractivity contribution in [3.8, 4) is 11.5 Å². The summed E-state index contributed by atoms with van der Waals surface area (Å²) in [6, 6.07) is 23.2. The highest BCUT2D eigenvalue weighted by atomic mass is 35.5. The number of rotatable bonds is 6. The lowest BCUT2D eigenvalue weighted by atomic mass is 9.77. The molecule has 1 aliphatic carbocycles. The van der Waals surface area contributed by atoms with Crippen LogP contribution in [0.3, 0.4) is 0 Å². The van der Waals surface area contributed by atoms with Gasteiger partial charge in [0.1, 0.15) is 11.5 Å². The number of hydrogen-bond acceptors (Lipinski definition) is 4. The van der Waals surface area contributed by atoms with Crippen LogP contribution in [0.15, 0.2) is 89.5 Å². The summed E-state index contributed by atoms with van der Waals surface area (Å²) in [5.74, 6) is 1.58. The van der Waals surface area contributed by atoms with E-state index in [9.17, 15) is 4.79 Å². The molecule has 6 heteroatoms. The fourth-order valence-electron chi connectivity index (χ4n) is 5.04. The largest absolute Gasteiger partial charge is 0.497 e. The summed E-state index contributed by atoms with van der Waals surface area (Å²) in [6.45, 7) is 0. The zero-order valence-corrected chi connectivity index (χ0v) is 21.7. The highest BCUT2D eigenvalue weighted by molar-refractivity contribution is 6.30. The van der Waals surface area contributed by atoms with Crippen molar-refractivity contribution >= 4 is 35.4 Å². The minimum absolute atomic E-state index is 0.125. The van der Waals surface area contributed by atoms with Crippen LogP contribution in [0.2, 0.25) is 5.02 Å². The van der Waals surface area contributed by atoms with Crippen LogP contribution in [0.4, 0.5) is 0 Å². The number of nitrogens with zero attached hydrogens (tertiary/aromatic N) is 2. The quantitative estimate of drug-likeness (QED) is 0.328. The maximum absolute atomic E-state index is 13.5. The topological polar surface area (TPSA) is 51.1 Å². The van der Waals surface area contributed by atoms with Crippen LogP contribution < -0.4 is 9.47 Å². The van der Waals surface area contributed by atoms with Gasteiger partial charge in [-0.15, -0.1) is 0 Å². The van der Waals surface area contributed by atoms with Gasteiger partial charge in [-0.25, -0.2) is 5.01 Å². The number of hydrazone groups is 1. The zero-order chi connectivity index (χ0) is 25.8. The standard InChI is InChI=1S/C31H29ClN2O3/c1-36-26-15-8-22(9-16-26)20-24-4-3-5-28-30(24)33-34(31(28)23-11-17-27(37-2)18-12-23)29(35)19-10-21-6-13-25(32)14-7-21/h6-20,28,31H,3-5H2,1-2H3/b19-10+,24-20+. The van der Waals surface area contributed by atoms with Crippen LogP contribution in [0.25, 0.3) is 12.2 Å². The predicted molar refractivity (Wildman–Crippen MR) is 149 cm³/mol. The molecule has 0 spiro atoms. The molecule has 3 aromatic carbocycles. The highest BCUT2D eigenvalue weighted by Crippen LogP contribution is 2.44. The van der Waals surface area contributed by atoms with E-state index in [0.29, 0.717) is 5.02 Å². The first-order valence-corrected chi connectivity index (χ1v) is 12.8. The van der Waals surface area contributed by atoms with Gasteiger partial charge in [0.25, 0.3) is 5.91 Å². The fourth-order valence-corrected chi connectivity index (χ4v) is 5.16. The molecule has 5 nitrogen and oxygen atoms in total. The van der Waals surface area contributed by atoms with E-state index in [2.05, 4.69) is 6.08 Å². The molecule has 0 saturated heterocycles. The van der Waals surface area contributed by atoms with Gasteiger partial charge >= 0.3 is 0 Å². The maximum Gasteiger partial charge on any atom is 0.267 e. The summed E-state index contributed by atoms with van der Waals surface area (Å²) in [4.78, 5) is 13.5. The number of allylic oxidation sites excluding steroid dienone is 1. The Hall–Kier alpha value is -3.83. The number of carbonyl (C=O) groups excluding carboxylic acids is 1. The third-order valence-electron chi connectivity index (χ3n) is 6.93. The number of amides is 1. The summed E-state index contributed by atoms with van der Waals surface area (Å²) in [7, 11) is 3.32. The predicted octanol–water partition coefficient (Wildman–Crippen LogP) is 7.19. The molecule has 2 unspecified atom stereocenters. The molecular weight excluding hydrogens is 484 g/mol. The zero-order valence-electron chi connectivity index (χ0n) is 20.9. The normalized spacial score (nSPS) is 20.1. The molecule has 3 aromatic rings. The van der Waals surface area contributed by atoms with Gasteiger partial charge in [0.15, 0.2) is 0 Å². The maximum atomic E-state index is 13.5. The Bertz CT molecular complexity index is 1340. The molecule has 188 valence electrons. The second-order valence-corrected chi connectivity index (χ2v) is 9.65. The van der Waals surface area contributed by atoms with E-state index < -0.39 is 0 Å². The van der Waals surface area contributed by atoms with E-state index in [1.165, 1.54) is 5.57 Å². The van der Waals surface area contributed by atoms with Gasteiger partial charge in [-0.2, -0.15) is 5.10 Å². The minimum Gasteiger partial charge on any atom is -0.497 e. The first-order chi connectivity index (χ1) is 18.1.